The molecule has 140 valence electrons. The van der Waals surface area contributed by atoms with E-state index in [-0.39, 0.29) is 6.09 Å². The Balaban J connectivity index is 1.99. The van der Waals surface area contributed by atoms with Crippen LogP contribution >= 0.6 is 0 Å². The molecule has 0 bridgehead atoms. The molecule has 0 aliphatic carbocycles. The monoisotopic (exact) mass is 350 g/mol. The molecule has 1 aliphatic rings. The first-order valence-electron chi connectivity index (χ1n) is 8.85. The summed E-state index contributed by atoms with van der Waals surface area (Å²) in [6.45, 7) is 12.1. The number of hydrogen-bond donors (Lipinski definition) is 0. The van der Waals surface area contributed by atoms with E-state index < -0.39 is 5.60 Å². The molecule has 2 rings (SSSR count). The molecule has 1 aromatic rings. The zero-order valence-electron chi connectivity index (χ0n) is 16.0. The van der Waals surface area contributed by atoms with Crippen molar-refractivity contribution in [1.82, 2.24) is 19.8 Å². The van der Waals surface area contributed by atoms with Gasteiger partial charge < -0.3 is 14.4 Å². The molecule has 1 aromatic heterocycles. The standard InChI is InChI=1S/C18H30N4O3/c1-6-21(9-10-24-5)13-16-19-11-14-12-22(8-7-15(14)20-16)17(23)25-18(2,3)4/h11H,6-10,12-13H2,1-5H3. The van der Waals surface area contributed by atoms with Crippen molar-refractivity contribution in [3.8, 4) is 0 Å². The summed E-state index contributed by atoms with van der Waals surface area (Å²) >= 11 is 0. The minimum Gasteiger partial charge on any atom is -0.444 e. The Bertz CT molecular complexity index is 586. The Kier molecular flexibility index (Phi) is 6.72. The van der Waals surface area contributed by atoms with Gasteiger partial charge in [0.2, 0.25) is 0 Å². The van der Waals surface area contributed by atoms with E-state index in [1.54, 1.807) is 12.0 Å². The minimum atomic E-state index is -0.483. The van der Waals surface area contributed by atoms with Crippen LogP contribution in [0.4, 0.5) is 4.79 Å². The molecule has 1 aliphatic heterocycles. The van der Waals surface area contributed by atoms with Crippen molar-refractivity contribution in [2.75, 3.05) is 33.4 Å². The molecule has 7 nitrogen and oxygen atoms in total. The maximum absolute atomic E-state index is 12.2. The molecule has 0 saturated carbocycles. The van der Waals surface area contributed by atoms with Crippen LogP contribution in [0.5, 0.6) is 0 Å². The fourth-order valence-electron chi connectivity index (χ4n) is 2.69. The topological polar surface area (TPSA) is 67.8 Å². The second kappa shape index (κ2) is 8.58. The lowest BCUT2D eigenvalue weighted by molar-refractivity contribution is 0.0222. The van der Waals surface area contributed by atoms with Crippen molar-refractivity contribution < 1.29 is 14.3 Å². The maximum Gasteiger partial charge on any atom is 0.410 e. The van der Waals surface area contributed by atoms with Gasteiger partial charge in [-0.3, -0.25) is 4.90 Å². The Morgan fingerprint density at radius 2 is 2.16 bits per heavy atom. The van der Waals surface area contributed by atoms with Gasteiger partial charge in [0, 0.05) is 38.4 Å². The molecule has 7 heteroatoms. The highest BCUT2D eigenvalue weighted by molar-refractivity contribution is 5.68. The molecule has 0 unspecified atom stereocenters. The summed E-state index contributed by atoms with van der Waals surface area (Å²) in [7, 11) is 1.71. The average Bonchev–Trinajstić information content (AvgIpc) is 2.56. The minimum absolute atomic E-state index is 0.279. The van der Waals surface area contributed by atoms with E-state index in [0.717, 1.165) is 36.6 Å². The van der Waals surface area contributed by atoms with Crippen molar-refractivity contribution >= 4 is 6.09 Å². The number of amides is 1. The van der Waals surface area contributed by atoms with E-state index in [9.17, 15) is 4.79 Å². The number of fused-ring (bicyclic) bond motifs is 1. The van der Waals surface area contributed by atoms with E-state index >= 15 is 0 Å². The predicted octanol–water partition coefficient (Wildman–Crippen LogP) is 2.24. The van der Waals surface area contributed by atoms with Crippen LogP contribution in [0.3, 0.4) is 0 Å². The van der Waals surface area contributed by atoms with Gasteiger partial charge in [-0.15, -0.1) is 0 Å². The normalized spacial score (nSPS) is 14.6. The van der Waals surface area contributed by atoms with Crippen LogP contribution in [0.15, 0.2) is 6.20 Å². The van der Waals surface area contributed by atoms with Crippen molar-refractivity contribution in [2.24, 2.45) is 0 Å². The number of ether oxygens (including phenoxy) is 2. The highest BCUT2D eigenvalue weighted by atomic mass is 16.6. The molecule has 0 aromatic carbocycles. The maximum atomic E-state index is 12.2. The number of rotatable bonds is 6. The highest BCUT2D eigenvalue weighted by Gasteiger charge is 2.26. The van der Waals surface area contributed by atoms with Gasteiger partial charge in [0.05, 0.1) is 25.4 Å². The summed E-state index contributed by atoms with van der Waals surface area (Å²) in [6, 6.07) is 0. The summed E-state index contributed by atoms with van der Waals surface area (Å²) in [6.07, 6.45) is 2.30. The Morgan fingerprint density at radius 3 is 2.80 bits per heavy atom. The van der Waals surface area contributed by atoms with Crippen LogP contribution in [0.25, 0.3) is 0 Å². The van der Waals surface area contributed by atoms with Gasteiger partial charge in [-0.25, -0.2) is 14.8 Å². The van der Waals surface area contributed by atoms with Crippen molar-refractivity contribution in [3.05, 3.63) is 23.3 Å². The van der Waals surface area contributed by atoms with Gasteiger partial charge in [0.1, 0.15) is 11.4 Å². The van der Waals surface area contributed by atoms with Gasteiger partial charge in [-0.1, -0.05) is 6.92 Å². The first-order valence-corrected chi connectivity index (χ1v) is 8.85. The number of nitrogens with zero attached hydrogens (tertiary/aromatic N) is 4. The van der Waals surface area contributed by atoms with Crippen LogP contribution in [0.2, 0.25) is 0 Å². The number of methoxy groups -OCH3 is 1. The number of carbonyl (C=O) groups excluding carboxylic acids is 1. The van der Waals surface area contributed by atoms with E-state index in [1.807, 2.05) is 27.0 Å². The Morgan fingerprint density at radius 1 is 1.40 bits per heavy atom. The average molecular weight is 350 g/mol. The van der Waals surface area contributed by atoms with Crippen LogP contribution in [0.1, 0.15) is 44.8 Å². The quantitative estimate of drug-likeness (QED) is 0.784. The molecule has 1 amide bonds. The Labute approximate surface area is 150 Å². The summed E-state index contributed by atoms with van der Waals surface area (Å²) in [5.41, 5.74) is 1.55. The molecule has 25 heavy (non-hydrogen) atoms. The van der Waals surface area contributed by atoms with Gasteiger partial charge >= 0.3 is 6.09 Å². The summed E-state index contributed by atoms with van der Waals surface area (Å²) in [5.74, 6) is 0.822. The lowest BCUT2D eigenvalue weighted by Gasteiger charge is -2.30. The molecular weight excluding hydrogens is 320 g/mol. The zero-order chi connectivity index (χ0) is 18.4. The summed E-state index contributed by atoms with van der Waals surface area (Å²) in [4.78, 5) is 25.4. The number of carbonyl (C=O) groups is 1. The summed E-state index contributed by atoms with van der Waals surface area (Å²) in [5, 5.41) is 0. The van der Waals surface area contributed by atoms with Crippen LogP contribution in [-0.2, 0) is 29.0 Å². The predicted molar refractivity (Wildman–Crippen MR) is 95.2 cm³/mol. The lowest BCUT2D eigenvalue weighted by Crippen LogP contribution is -2.40. The molecule has 0 atom stereocenters. The second-order valence-corrected chi connectivity index (χ2v) is 7.27. The SMILES string of the molecule is CCN(CCOC)Cc1ncc2c(n1)CCN(C(=O)OC(C)(C)C)C2. The third-order valence-corrected chi connectivity index (χ3v) is 4.06. The molecule has 0 fully saturated rings. The van der Waals surface area contributed by atoms with Crippen molar-refractivity contribution in [3.63, 3.8) is 0 Å². The molecule has 0 saturated heterocycles. The molecule has 0 radical (unpaired) electrons. The Hall–Kier alpha value is -1.73. The molecule has 2 heterocycles. The second-order valence-electron chi connectivity index (χ2n) is 7.27. The third-order valence-electron chi connectivity index (χ3n) is 4.06. The van der Waals surface area contributed by atoms with Gasteiger partial charge in [-0.05, 0) is 27.3 Å². The first kappa shape index (κ1) is 19.6. The fourth-order valence-corrected chi connectivity index (χ4v) is 2.69. The van der Waals surface area contributed by atoms with Gasteiger partial charge in [0.25, 0.3) is 0 Å². The number of aromatic nitrogens is 2. The molecule has 0 spiro atoms. The van der Waals surface area contributed by atoms with Crippen molar-refractivity contribution in [2.45, 2.75) is 52.8 Å². The largest absolute Gasteiger partial charge is 0.444 e. The van der Waals surface area contributed by atoms with Crippen LogP contribution < -0.4 is 0 Å². The van der Waals surface area contributed by atoms with Gasteiger partial charge in [0.15, 0.2) is 0 Å². The van der Waals surface area contributed by atoms with Crippen LogP contribution in [0, 0.1) is 0 Å². The summed E-state index contributed by atoms with van der Waals surface area (Å²) < 4.78 is 10.6. The first-order chi connectivity index (χ1) is 11.8. The third kappa shape index (κ3) is 5.93. The van der Waals surface area contributed by atoms with Crippen LogP contribution in [-0.4, -0.2) is 64.8 Å². The molecular formula is C18H30N4O3. The molecule has 0 N–H and O–H groups in total. The number of hydrogen-bond acceptors (Lipinski definition) is 6. The van der Waals surface area contributed by atoms with Gasteiger partial charge in [-0.2, -0.15) is 0 Å². The van der Waals surface area contributed by atoms with E-state index in [1.165, 1.54) is 0 Å². The zero-order valence-corrected chi connectivity index (χ0v) is 16.0. The highest BCUT2D eigenvalue weighted by Crippen LogP contribution is 2.19. The van der Waals surface area contributed by atoms with E-state index in [2.05, 4.69) is 16.8 Å². The van der Waals surface area contributed by atoms with Crippen molar-refractivity contribution in [1.29, 1.82) is 0 Å². The van der Waals surface area contributed by atoms with E-state index in [0.29, 0.717) is 26.2 Å². The lowest BCUT2D eigenvalue weighted by atomic mass is 10.1. The number of likely N-dealkylation sites (N-methyl/N-ethyl adjacent to an activating group) is 1. The van der Waals surface area contributed by atoms with E-state index in [4.69, 9.17) is 14.5 Å². The smallest absolute Gasteiger partial charge is 0.410 e. The fraction of sp³-hybridized carbons (Fsp3) is 0.722.